The summed E-state index contributed by atoms with van der Waals surface area (Å²) in [6, 6.07) is 0. The molecule has 2 rings (SSSR count). The van der Waals surface area contributed by atoms with E-state index in [0.29, 0.717) is 31.0 Å². The van der Waals surface area contributed by atoms with Gasteiger partial charge in [0.25, 0.3) is 0 Å². The first-order valence-electron chi connectivity index (χ1n) is 6.82. The van der Waals surface area contributed by atoms with Crippen LogP contribution in [-0.2, 0) is 14.3 Å². The van der Waals surface area contributed by atoms with Gasteiger partial charge in [0.05, 0.1) is 19.3 Å². The third-order valence-electron chi connectivity index (χ3n) is 5.06. The summed E-state index contributed by atoms with van der Waals surface area (Å²) >= 11 is 0. The Labute approximate surface area is 110 Å². The summed E-state index contributed by atoms with van der Waals surface area (Å²) in [7, 11) is 0. The first-order valence-corrected chi connectivity index (χ1v) is 6.82. The van der Waals surface area contributed by atoms with Crippen molar-refractivity contribution in [2.45, 2.75) is 40.7 Å². The van der Waals surface area contributed by atoms with E-state index in [1.165, 1.54) is 12.5 Å². The number of allylic oxidation sites excluding steroid dienone is 1. The van der Waals surface area contributed by atoms with Crippen LogP contribution in [0.2, 0.25) is 0 Å². The normalized spacial score (nSPS) is 43.3. The maximum absolute atomic E-state index is 11.1. The fourth-order valence-electron chi connectivity index (χ4n) is 3.81. The zero-order valence-electron chi connectivity index (χ0n) is 12.0. The molecule has 102 valence electrons. The van der Waals surface area contributed by atoms with Crippen LogP contribution in [0.4, 0.5) is 0 Å². The van der Waals surface area contributed by atoms with E-state index in [1.807, 2.05) is 0 Å². The number of carbonyl (C=O) groups is 1. The quantitative estimate of drug-likeness (QED) is 0.560. The van der Waals surface area contributed by atoms with Gasteiger partial charge in [-0.05, 0) is 25.7 Å². The molecule has 0 spiro atoms. The van der Waals surface area contributed by atoms with Crippen molar-refractivity contribution in [3.8, 4) is 0 Å². The molecule has 1 saturated heterocycles. The van der Waals surface area contributed by atoms with E-state index in [9.17, 15) is 4.79 Å². The van der Waals surface area contributed by atoms with Gasteiger partial charge in [-0.3, -0.25) is 4.79 Å². The third kappa shape index (κ3) is 1.99. The molecule has 1 aliphatic heterocycles. The summed E-state index contributed by atoms with van der Waals surface area (Å²) in [5, 5.41) is 0. The Morgan fingerprint density at radius 2 is 2.17 bits per heavy atom. The Morgan fingerprint density at radius 1 is 1.50 bits per heavy atom. The van der Waals surface area contributed by atoms with Crippen molar-refractivity contribution in [1.29, 1.82) is 0 Å². The summed E-state index contributed by atoms with van der Waals surface area (Å²) in [5.74, 6) is 1.12. The average molecular weight is 252 g/mol. The van der Waals surface area contributed by atoms with Gasteiger partial charge in [0, 0.05) is 18.3 Å². The molecule has 1 heterocycles. The van der Waals surface area contributed by atoms with Crippen molar-refractivity contribution >= 4 is 5.97 Å². The molecular formula is C15H24O3. The summed E-state index contributed by atoms with van der Waals surface area (Å²) in [6.07, 6.45) is 2.60. The molecular weight excluding hydrogens is 228 g/mol. The van der Waals surface area contributed by atoms with Crippen LogP contribution in [0.5, 0.6) is 0 Å². The highest BCUT2D eigenvalue weighted by Gasteiger charge is 2.53. The van der Waals surface area contributed by atoms with E-state index in [1.54, 1.807) is 0 Å². The lowest BCUT2D eigenvalue weighted by Crippen LogP contribution is -2.56. The smallest absolute Gasteiger partial charge is 0.302 e. The Kier molecular flexibility index (Phi) is 3.54. The molecule has 1 aliphatic carbocycles. The topological polar surface area (TPSA) is 35.5 Å². The molecule has 3 nitrogen and oxygen atoms in total. The molecule has 0 radical (unpaired) electrons. The minimum Gasteiger partial charge on any atom is -0.465 e. The second-order valence-electron chi connectivity index (χ2n) is 6.04. The third-order valence-corrected chi connectivity index (χ3v) is 5.06. The van der Waals surface area contributed by atoms with Crippen molar-refractivity contribution in [3.63, 3.8) is 0 Å². The van der Waals surface area contributed by atoms with Crippen molar-refractivity contribution < 1.29 is 14.3 Å². The fourth-order valence-corrected chi connectivity index (χ4v) is 3.81. The molecule has 5 atom stereocenters. The number of esters is 1. The SMILES string of the molecule is CC(=O)OC[C@@]12CO[C@H](C)[C@H](C(C)=C[C@H]1C)[C@H]2C. The molecule has 2 aliphatic rings. The maximum atomic E-state index is 11.1. The van der Waals surface area contributed by atoms with E-state index < -0.39 is 0 Å². The van der Waals surface area contributed by atoms with Gasteiger partial charge in [0.15, 0.2) is 0 Å². The lowest BCUT2D eigenvalue weighted by Gasteiger charge is -2.54. The van der Waals surface area contributed by atoms with Crippen molar-refractivity contribution in [1.82, 2.24) is 0 Å². The number of hydrogen-bond acceptors (Lipinski definition) is 3. The fraction of sp³-hybridized carbons (Fsp3) is 0.800. The Bertz CT molecular complexity index is 374. The minimum atomic E-state index is -0.203. The highest BCUT2D eigenvalue weighted by molar-refractivity contribution is 5.65. The van der Waals surface area contributed by atoms with Crippen LogP contribution >= 0.6 is 0 Å². The molecule has 3 heteroatoms. The maximum Gasteiger partial charge on any atom is 0.302 e. The average Bonchev–Trinajstić information content (AvgIpc) is 2.26. The van der Waals surface area contributed by atoms with Gasteiger partial charge in [-0.15, -0.1) is 0 Å². The van der Waals surface area contributed by atoms with Gasteiger partial charge < -0.3 is 9.47 Å². The van der Waals surface area contributed by atoms with Crippen LogP contribution in [0.3, 0.4) is 0 Å². The summed E-state index contributed by atoms with van der Waals surface area (Å²) in [5.41, 5.74) is 1.36. The molecule has 0 saturated carbocycles. The van der Waals surface area contributed by atoms with Crippen LogP contribution in [0.1, 0.15) is 34.6 Å². The molecule has 0 aromatic rings. The first-order chi connectivity index (χ1) is 8.38. The van der Waals surface area contributed by atoms with Crippen molar-refractivity contribution in [2.75, 3.05) is 13.2 Å². The zero-order chi connectivity index (χ0) is 13.5. The highest BCUT2D eigenvalue weighted by atomic mass is 16.5. The van der Waals surface area contributed by atoms with Gasteiger partial charge in [-0.1, -0.05) is 25.5 Å². The van der Waals surface area contributed by atoms with Gasteiger partial charge in [0.1, 0.15) is 0 Å². The van der Waals surface area contributed by atoms with Crippen molar-refractivity contribution in [2.24, 2.45) is 23.2 Å². The van der Waals surface area contributed by atoms with Gasteiger partial charge in [-0.25, -0.2) is 0 Å². The Balaban J connectivity index is 2.31. The summed E-state index contributed by atoms with van der Waals surface area (Å²) in [6.45, 7) is 11.4. The standard InChI is InChI=1S/C15H24O3/c1-9-6-10(2)15(8-18-13(5)16)7-17-12(4)14(9)11(15)3/h6,10-12,14H,7-8H2,1-5H3/t10-,11-,12-,14-,15+/m1/s1. The molecule has 0 N–H and O–H groups in total. The van der Waals surface area contributed by atoms with E-state index in [4.69, 9.17) is 9.47 Å². The molecule has 0 aromatic carbocycles. The number of fused-ring (bicyclic) bond motifs is 2. The van der Waals surface area contributed by atoms with E-state index >= 15 is 0 Å². The minimum absolute atomic E-state index is 0.0532. The number of carbonyl (C=O) groups excluding carboxylic acids is 1. The second-order valence-corrected chi connectivity index (χ2v) is 6.04. The molecule has 18 heavy (non-hydrogen) atoms. The Morgan fingerprint density at radius 3 is 2.78 bits per heavy atom. The lowest BCUT2D eigenvalue weighted by molar-refractivity contribution is -0.175. The van der Waals surface area contributed by atoms with Gasteiger partial charge >= 0.3 is 5.97 Å². The number of ether oxygens (including phenoxy) is 2. The molecule has 2 bridgehead atoms. The lowest BCUT2D eigenvalue weighted by atomic mass is 9.56. The van der Waals surface area contributed by atoms with E-state index in [0.717, 1.165) is 0 Å². The molecule has 1 fully saturated rings. The largest absolute Gasteiger partial charge is 0.465 e. The zero-order valence-corrected chi connectivity index (χ0v) is 12.0. The van der Waals surface area contributed by atoms with Crippen LogP contribution in [0.25, 0.3) is 0 Å². The summed E-state index contributed by atoms with van der Waals surface area (Å²) < 4.78 is 11.3. The second kappa shape index (κ2) is 4.69. The van der Waals surface area contributed by atoms with Crippen LogP contribution in [0.15, 0.2) is 11.6 Å². The molecule has 0 unspecified atom stereocenters. The van der Waals surface area contributed by atoms with Crippen molar-refractivity contribution in [3.05, 3.63) is 11.6 Å². The Hall–Kier alpha value is -0.830. The van der Waals surface area contributed by atoms with Gasteiger partial charge in [0.2, 0.25) is 0 Å². The first kappa shape index (κ1) is 13.6. The predicted octanol–water partition coefficient (Wildman–Crippen LogP) is 2.80. The number of rotatable bonds is 2. The molecule has 0 aromatic heterocycles. The van der Waals surface area contributed by atoms with Crippen LogP contribution in [0, 0.1) is 23.2 Å². The van der Waals surface area contributed by atoms with E-state index in [2.05, 4.69) is 33.8 Å². The molecule has 0 amide bonds. The van der Waals surface area contributed by atoms with Crippen LogP contribution in [-0.4, -0.2) is 25.3 Å². The van der Waals surface area contributed by atoms with Gasteiger partial charge in [-0.2, -0.15) is 0 Å². The summed E-state index contributed by atoms with van der Waals surface area (Å²) in [4.78, 5) is 11.1. The number of hydrogen-bond donors (Lipinski definition) is 0. The van der Waals surface area contributed by atoms with Crippen LogP contribution < -0.4 is 0 Å². The monoisotopic (exact) mass is 252 g/mol. The predicted molar refractivity (Wildman–Crippen MR) is 70.1 cm³/mol. The highest BCUT2D eigenvalue weighted by Crippen LogP contribution is 2.52. The van der Waals surface area contributed by atoms with E-state index in [-0.39, 0.29) is 17.5 Å².